The van der Waals surface area contributed by atoms with Crippen LogP contribution in [0.2, 0.25) is 0 Å². The molecular formula is C18H22F3N3O4. The Balaban J connectivity index is 2.86. The topological polar surface area (TPSA) is 93.3 Å². The number of aromatic nitrogens is 1. The average Bonchev–Trinajstić information content (AvgIpc) is 2.88. The van der Waals surface area contributed by atoms with Crippen LogP contribution in [0.5, 0.6) is 0 Å². The summed E-state index contributed by atoms with van der Waals surface area (Å²) in [4.78, 5) is 23.3. The van der Waals surface area contributed by atoms with E-state index in [9.17, 15) is 28.0 Å². The summed E-state index contributed by atoms with van der Waals surface area (Å²) in [6.07, 6.45) is -3.26. The van der Waals surface area contributed by atoms with Crippen molar-refractivity contribution in [3.63, 3.8) is 0 Å². The molecule has 0 aliphatic rings. The van der Waals surface area contributed by atoms with E-state index in [-0.39, 0.29) is 11.6 Å². The van der Waals surface area contributed by atoms with Gasteiger partial charge in [0.25, 0.3) is 5.91 Å². The van der Waals surface area contributed by atoms with Crippen LogP contribution in [0.4, 0.5) is 13.2 Å². The number of ether oxygens (including phenoxy) is 2. The van der Waals surface area contributed by atoms with Gasteiger partial charge in [-0.1, -0.05) is 0 Å². The van der Waals surface area contributed by atoms with Crippen molar-refractivity contribution in [2.24, 2.45) is 0 Å². The standard InChI is InChI=1S/C18H22F3N3O4/c1-11-5-14(13(3)24(11)12(2)8-27-4)6-15(7-22)17(26)28-9-16(25)23-10-18(19,20)21/h5-6,12H,8-10H2,1-4H3,(H,23,25)/b15-6+/t12-/m0/s1. The van der Waals surface area contributed by atoms with Gasteiger partial charge >= 0.3 is 12.1 Å². The lowest BCUT2D eigenvalue weighted by Crippen LogP contribution is -2.36. The Labute approximate surface area is 160 Å². The highest BCUT2D eigenvalue weighted by atomic mass is 19.4. The molecule has 0 saturated carbocycles. The first-order chi connectivity index (χ1) is 13.0. The van der Waals surface area contributed by atoms with Crippen molar-refractivity contribution in [2.75, 3.05) is 26.9 Å². The van der Waals surface area contributed by atoms with Crippen LogP contribution in [0.3, 0.4) is 0 Å². The molecule has 1 atom stereocenters. The molecule has 0 unspecified atom stereocenters. The summed E-state index contributed by atoms with van der Waals surface area (Å²) >= 11 is 0. The highest BCUT2D eigenvalue weighted by molar-refractivity contribution is 5.99. The number of methoxy groups -OCH3 is 1. The quantitative estimate of drug-likeness (QED) is 0.410. The Morgan fingerprint density at radius 1 is 1.39 bits per heavy atom. The Hall–Kier alpha value is -2.80. The Kier molecular flexibility index (Phi) is 8.25. The fraction of sp³-hybridized carbons (Fsp3) is 0.500. The fourth-order valence-corrected chi connectivity index (χ4v) is 2.69. The number of esters is 1. The van der Waals surface area contributed by atoms with Gasteiger partial charge in [-0.15, -0.1) is 0 Å². The number of carbonyl (C=O) groups is 2. The van der Waals surface area contributed by atoms with Crippen molar-refractivity contribution in [3.05, 3.63) is 28.6 Å². The molecule has 7 nitrogen and oxygen atoms in total. The van der Waals surface area contributed by atoms with Gasteiger partial charge in [-0.25, -0.2) is 4.79 Å². The van der Waals surface area contributed by atoms with E-state index in [1.807, 2.05) is 25.3 Å². The predicted octanol–water partition coefficient (Wildman–Crippen LogP) is 2.44. The SMILES string of the molecule is COC[C@H](C)n1c(C)cc(/C=C(\C#N)C(=O)OCC(=O)NCC(F)(F)F)c1C. The van der Waals surface area contributed by atoms with Crippen molar-refractivity contribution in [1.82, 2.24) is 9.88 Å². The Morgan fingerprint density at radius 2 is 2.04 bits per heavy atom. The van der Waals surface area contributed by atoms with Crippen molar-refractivity contribution >= 4 is 18.0 Å². The summed E-state index contributed by atoms with van der Waals surface area (Å²) in [7, 11) is 1.58. The lowest BCUT2D eigenvalue weighted by molar-refractivity contribution is -0.148. The van der Waals surface area contributed by atoms with Gasteiger partial charge in [0.1, 0.15) is 18.2 Å². The Morgan fingerprint density at radius 3 is 2.57 bits per heavy atom. The molecule has 0 aromatic carbocycles. The molecule has 0 aliphatic heterocycles. The number of carbonyl (C=O) groups excluding carboxylic acids is 2. The van der Waals surface area contributed by atoms with Gasteiger partial charge in [0.05, 0.1) is 12.6 Å². The highest BCUT2D eigenvalue weighted by Gasteiger charge is 2.28. The van der Waals surface area contributed by atoms with Gasteiger partial charge in [0.2, 0.25) is 0 Å². The van der Waals surface area contributed by atoms with Gasteiger partial charge in [-0.3, -0.25) is 4.79 Å². The number of hydrogen-bond acceptors (Lipinski definition) is 5. The number of amides is 1. The maximum atomic E-state index is 12.0. The molecule has 1 N–H and O–H groups in total. The summed E-state index contributed by atoms with van der Waals surface area (Å²) in [5.41, 5.74) is 1.93. The minimum absolute atomic E-state index is 0.0296. The zero-order chi connectivity index (χ0) is 21.5. The molecule has 10 heteroatoms. The van der Waals surface area contributed by atoms with Crippen LogP contribution in [-0.4, -0.2) is 49.5 Å². The van der Waals surface area contributed by atoms with Crippen LogP contribution < -0.4 is 5.32 Å². The van der Waals surface area contributed by atoms with Crippen molar-refractivity contribution in [2.45, 2.75) is 33.0 Å². The van der Waals surface area contributed by atoms with Crippen molar-refractivity contribution < 1.29 is 32.2 Å². The van der Waals surface area contributed by atoms with E-state index in [0.29, 0.717) is 12.2 Å². The van der Waals surface area contributed by atoms with Gasteiger partial charge in [-0.05, 0) is 38.5 Å². The number of halogens is 3. The van der Waals surface area contributed by atoms with Gasteiger partial charge in [-0.2, -0.15) is 18.4 Å². The molecule has 1 aromatic rings. The molecular weight excluding hydrogens is 379 g/mol. The molecule has 1 rings (SSSR count). The lowest BCUT2D eigenvalue weighted by Gasteiger charge is -2.17. The normalized spacial score (nSPS) is 13.0. The van der Waals surface area contributed by atoms with E-state index in [1.165, 1.54) is 6.08 Å². The largest absolute Gasteiger partial charge is 0.451 e. The van der Waals surface area contributed by atoms with Crippen LogP contribution in [-0.2, 0) is 19.1 Å². The molecule has 1 heterocycles. The molecule has 154 valence electrons. The molecule has 1 amide bonds. The number of aryl methyl sites for hydroxylation is 1. The first-order valence-electron chi connectivity index (χ1n) is 8.29. The van der Waals surface area contributed by atoms with E-state index < -0.39 is 31.2 Å². The lowest BCUT2D eigenvalue weighted by atomic mass is 10.1. The average molecular weight is 401 g/mol. The fourth-order valence-electron chi connectivity index (χ4n) is 2.69. The van der Waals surface area contributed by atoms with Crippen LogP contribution in [0.25, 0.3) is 6.08 Å². The zero-order valence-corrected chi connectivity index (χ0v) is 16.0. The van der Waals surface area contributed by atoms with E-state index in [1.54, 1.807) is 24.6 Å². The molecule has 1 aromatic heterocycles. The molecule has 0 saturated heterocycles. The number of nitriles is 1. The van der Waals surface area contributed by atoms with Crippen LogP contribution in [0.15, 0.2) is 11.6 Å². The number of nitrogens with one attached hydrogen (secondary N) is 1. The molecule has 0 aliphatic carbocycles. The number of alkyl halides is 3. The van der Waals surface area contributed by atoms with Gasteiger partial charge in [0, 0.05) is 18.5 Å². The minimum Gasteiger partial charge on any atom is -0.451 e. The van der Waals surface area contributed by atoms with Crippen molar-refractivity contribution in [3.8, 4) is 6.07 Å². The van der Waals surface area contributed by atoms with E-state index >= 15 is 0 Å². The molecule has 0 bridgehead atoms. The van der Waals surface area contributed by atoms with E-state index in [4.69, 9.17) is 4.74 Å². The first-order valence-corrected chi connectivity index (χ1v) is 8.29. The second-order valence-corrected chi connectivity index (χ2v) is 6.14. The Bertz CT molecular complexity index is 791. The van der Waals surface area contributed by atoms with Crippen LogP contribution in [0.1, 0.15) is 29.9 Å². The van der Waals surface area contributed by atoms with Gasteiger partial charge in [0.15, 0.2) is 6.61 Å². The summed E-state index contributed by atoms with van der Waals surface area (Å²) in [5.74, 6) is -2.21. The maximum absolute atomic E-state index is 12.0. The summed E-state index contributed by atoms with van der Waals surface area (Å²) in [6.45, 7) is 3.66. The number of nitrogens with zero attached hydrogens (tertiary/aromatic N) is 2. The maximum Gasteiger partial charge on any atom is 0.405 e. The second kappa shape index (κ2) is 9.94. The molecule has 0 radical (unpaired) electrons. The molecule has 28 heavy (non-hydrogen) atoms. The first kappa shape index (κ1) is 23.2. The second-order valence-electron chi connectivity index (χ2n) is 6.14. The third kappa shape index (κ3) is 6.74. The van der Waals surface area contributed by atoms with Crippen molar-refractivity contribution in [1.29, 1.82) is 5.26 Å². The van der Waals surface area contributed by atoms with Crippen LogP contribution >= 0.6 is 0 Å². The minimum atomic E-state index is -4.57. The van der Waals surface area contributed by atoms with Crippen LogP contribution in [0, 0.1) is 25.2 Å². The zero-order valence-electron chi connectivity index (χ0n) is 16.0. The third-order valence-electron chi connectivity index (χ3n) is 3.83. The summed E-state index contributed by atoms with van der Waals surface area (Å²) in [5, 5.41) is 10.8. The highest BCUT2D eigenvalue weighted by Crippen LogP contribution is 2.23. The summed E-state index contributed by atoms with van der Waals surface area (Å²) in [6, 6.07) is 3.49. The molecule has 0 spiro atoms. The predicted molar refractivity (Wildman–Crippen MR) is 94.1 cm³/mol. The summed E-state index contributed by atoms with van der Waals surface area (Å²) < 4.78 is 47.8. The van der Waals surface area contributed by atoms with E-state index in [2.05, 4.69) is 4.74 Å². The smallest absolute Gasteiger partial charge is 0.405 e. The molecule has 0 fully saturated rings. The number of rotatable bonds is 8. The monoisotopic (exact) mass is 401 g/mol. The number of hydrogen-bond donors (Lipinski definition) is 1. The third-order valence-corrected chi connectivity index (χ3v) is 3.83. The van der Waals surface area contributed by atoms with Gasteiger partial charge < -0.3 is 19.4 Å². The van der Waals surface area contributed by atoms with E-state index in [0.717, 1.165) is 11.4 Å².